The van der Waals surface area contributed by atoms with E-state index >= 15 is 0 Å². The second-order valence-corrected chi connectivity index (χ2v) is 13.0. The fraction of sp³-hybridized carbons (Fsp3) is 0.344. The molecule has 0 spiro atoms. The molecule has 44 heavy (non-hydrogen) atoms. The molecule has 0 saturated carbocycles. The first-order valence-electron chi connectivity index (χ1n) is 14.0. The molecule has 0 radical (unpaired) electrons. The topological polar surface area (TPSA) is 122 Å². The van der Waals surface area contributed by atoms with Crippen LogP contribution in [-0.2, 0) is 19.0 Å². The number of fused-ring (bicyclic) bond motifs is 1. The minimum absolute atomic E-state index is 0.0400. The van der Waals surface area contributed by atoms with Crippen LogP contribution in [0.25, 0.3) is 11.0 Å². The van der Waals surface area contributed by atoms with Gasteiger partial charge in [-0.2, -0.15) is 9.97 Å². The van der Waals surface area contributed by atoms with Gasteiger partial charge in [0.05, 0.1) is 16.5 Å². The van der Waals surface area contributed by atoms with Crippen molar-refractivity contribution < 1.29 is 28.6 Å². The lowest BCUT2D eigenvalue weighted by atomic mass is 9.96. The first-order chi connectivity index (χ1) is 20.8. The molecule has 1 aliphatic rings. The van der Waals surface area contributed by atoms with Crippen LogP contribution in [0.2, 0.25) is 5.15 Å². The van der Waals surface area contributed by atoms with Crippen molar-refractivity contribution in [3.05, 3.63) is 86.6 Å². The third kappa shape index (κ3) is 6.95. The van der Waals surface area contributed by atoms with Gasteiger partial charge in [-0.25, -0.2) is 9.59 Å². The van der Waals surface area contributed by atoms with Crippen LogP contribution in [0, 0.1) is 19.3 Å². The lowest BCUT2D eigenvalue weighted by molar-refractivity contribution is -0.123. The molecule has 1 fully saturated rings. The molecule has 1 N–H and O–H groups in total. The summed E-state index contributed by atoms with van der Waals surface area (Å²) in [6.45, 7) is 9.03. The van der Waals surface area contributed by atoms with Gasteiger partial charge in [0.1, 0.15) is 35.8 Å². The fourth-order valence-electron chi connectivity index (χ4n) is 4.60. The van der Waals surface area contributed by atoms with Crippen LogP contribution < -0.4 is 5.32 Å². The molecule has 1 amide bonds. The van der Waals surface area contributed by atoms with Crippen LogP contribution in [-0.4, -0.2) is 51.2 Å². The Balaban J connectivity index is 1.43. The van der Waals surface area contributed by atoms with Crippen LogP contribution in [0.5, 0.6) is 0 Å². The number of carbonyl (C=O) groups is 3. The molecule has 230 valence electrons. The Hall–Kier alpha value is -3.80. The third-order valence-electron chi connectivity index (χ3n) is 7.19. The van der Waals surface area contributed by atoms with Crippen molar-refractivity contribution in [2.45, 2.75) is 59.5 Å². The van der Waals surface area contributed by atoms with Gasteiger partial charge < -0.3 is 18.8 Å². The zero-order chi connectivity index (χ0) is 31.8. The van der Waals surface area contributed by atoms with E-state index in [1.807, 2.05) is 38.1 Å². The predicted molar refractivity (Wildman–Crippen MR) is 169 cm³/mol. The van der Waals surface area contributed by atoms with Crippen molar-refractivity contribution in [3.8, 4) is 0 Å². The van der Waals surface area contributed by atoms with Crippen molar-refractivity contribution in [2.75, 3.05) is 11.9 Å². The summed E-state index contributed by atoms with van der Waals surface area (Å²) < 4.78 is 20.2. The molecular weight excluding hydrogens is 652 g/mol. The maximum Gasteiger partial charge on any atom is 0.338 e. The largest absolute Gasteiger partial charge is 0.459 e. The van der Waals surface area contributed by atoms with Gasteiger partial charge in [0.15, 0.2) is 0 Å². The highest BCUT2D eigenvalue weighted by molar-refractivity contribution is 9.10. The van der Waals surface area contributed by atoms with Crippen LogP contribution >= 0.6 is 27.5 Å². The zero-order valence-corrected chi connectivity index (χ0v) is 27.2. The number of anilines is 1. The molecule has 12 heteroatoms. The smallest absolute Gasteiger partial charge is 0.338 e. The molecule has 5 rings (SSSR count). The number of aryl methyl sites for hydroxylation is 2. The number of hydrogen-bond acceptors (Lipinski definition) is 8. The molecule has 3 heterocycles. The molecule has 0 unspecified atom stereocenters. The van der Waals surface area contributed by atoms with E-state index in [0.717, 1.165) is 11.1 Å². The highest BCUT2D eigenvalue weighted by Gasteiger charge is 2.41. The molecule has 2 aromatic carbocycles. The number of esters is 2. The first kappa shape index (κ1) is 31.6. The minimum atomic E-state index is -0.780. The van der Waals surface area contributed by atoms with Crippen LogP contribution in [0.1, 0.15) is 65.3 Å². The summed E-state index contributed by atoms with van der Waals surface area (Å²) in [6, 6.07) is 14.1. The van der Waals surface area contributed by atoms with Gasteiger partial charge in [0.2, 0.25) is 11.9 Å². The molecule has 3 atom stereocenters. The minimum Gasteiger partial charge on any atom is -0.459 e. The van der Waals surface area contributed by atoms with E-state index in [0.29, 0.717) is 26.6 Å². The van der Waals surface area contributed by atoms with Gasteiger partial charge in [-0.05, 0) is 54.0 Å². The summed E-state index contributed by atoms with van der Waals surface area (Å²) in [7, 11) is 0. The SMILES string of the molecule is Cc1ccc(C(=O)OC[C@H]2O[C@@H](n3cc(Br)c4c(Cl)nc(NC(=O)C(C)(C)C)nc43)C[C@@H]2OC(=O)c2ccc(C)cc2)cc1. The summed E-state index contributed by atoms with van der Waals surface area (Å²) in [5.74, 6) is -1.28. The number of aromatic nitrogens is 3. The van der Waals surface area contributed by atoms with Gasteiger partial charge in [-0.15, -0.1) is 0 Å². The Bertz CT molecular complexity index is 1720. The standard InChI is InChI=1S/C32H32BrClN4O6/c1-17-6-10-19(11-7-17)28(39)42-16-23-22(44-29(40)20-12-8-18(2)9-13-20)14-24(43-23)38-15-21(33)25-26(34)35-31(36-27(25)38)37-30(41)32(3,4)5/h6-13,15,22-24H,14,16H2,1-5H3,(H,35,36,37,41)/t22-,23+,24+/m0/s1. The van der Waals surface area contributed by atoms with Crippen molar-refractivity contribution >= 4 is 62.4 Å². The number of nitrogens with zero attached hydrogens (tertiary/aromatic N) is 3. The van der Waals surface area contributed by atoms with E-state index in [-0.39, 0.29) is 30.0 Å². The molecule has 0 aliphatic carbocycles. The Morgan fingerprint density at radius 3 is 2.18 bits per heavy atom. The van der Waals surface area contributed by atoms with Gasteiger partial charge in [0, 0.05) is 22.5 Å². The highest BCUT2D eigenvalue weighted by atomic mass is 79.9. The number of ether oxygens (including phenoxy) is 3. The lowest BCUT2D eigenvalue weighted by Gasteiger charge is -2.19. The second kappa shape index (κ2) is 12.7. The number of halogens is 2. The van der Waals surface area contributed by atoms with E-state index in [1.165, 1.54) is 0 Å². The molecule has 10 nitrogen and oxygen atoms in total. The first-order valence-corrected chi connectivity index (χ1v) is 15.2. The number of benzene rings is 2. The molecule has 4 aromatic rings. The summed E-state index contributed by atoms with van der Waals surface area (Å²) in [6.07, 6.45) is -0.248. The normalized spacial score (nSPS) is 18.3. The lowest BCUT2D eigenvalue weighted by Crippen LogP contribution is -2.32. The molecule has 1 saturated heterocycles. The fourth-order valence-corrected chi connectivity index (χ4v) is 5.56. The van der Waals surface area contributed by atoms with Crippen molar-refractivity contribution in [1.29, 1.82) is 0 Å². The summed E-state index contributed by atoms with van der Waals surface area (Å²) in [5, 5.41) is 3.37. The highest BCUT2D eigenvalue weighted by Crippen LogP contribution is 2.38. The number of rotatable bonds is 7. The quantitative estimate of drug-likeness (QED) is 0.166. The number of hydrogen-bond donors (Lipinski definition) is 1. The molecule has 0 bridgehead atoms. The number of nitrogens with one attached hydrogen (secondary N) is 1. The number of amides is 1. The average Bonchev–Trinajstić information content (AvgIpc) is 3.52. The number of carbonyl (C=O) groups excluding carboxylic acids is 3. The van der Waals surface area contributed by atoms with Gasteiger partial charge in [0.25, 0.3) is 0 Å². The summed E-state index contributed by atoms with van der Waals surface area (Å²) in [5.41, 5.74) is 2.53. The summed E-state index contributed by atoms with van der Waals surface area (Å²) >= 11 is 10.1. The Morgan fingerprint density at radius 1 is 1.00 bits per heavy atom. The molecule has 1 aliphatic heterocycles. The van der Waals surface area contributed by atoms with E-state index in [4.69, 9.17) is 25.8 Å². The van der Waals surface area contributed by atoms with Crippen molar-refractivity contribution in [2.24, 2.45) is 5.41 Å². The second-order valence-electron chi connectivity index (χ2n) is 11.8. The Morgan fingerprint density at radius 2 is 1.59 bits per heavy atom. The Labute approximate surface area is 268 Å². The maximum absolute atomic E-state index is 13.1. The monoisotopic (exact) mass is 682 g/mol. The third-order valence-corrected chi connectivity index (χ3v) is 8.07. The van der Waals surface area contributed by atoms with E-state index < -0.39 is 35.8 Å². The van der Waals surface area contributed by atoms with E-state index in [1.54, 1.807) is 55.8 Å². The summed E-state index contributed by atoms with van der Waals surface area (Å²) in [4.78, 5) is 47.4. The molecular formula is C32H32BrClN4O6. The molecule has 2 aromatic heterocycles. The predicted octanol–water partition coefficient (Wildman–Crippen LogP) is 6.82. The van der Waals surface area contributed by atoms with E-state index in [2.05, 4.69) is 31.2 Å². The van der Waals surface area contributed by atoms with Crippen molar-refractivity contribution in [3.63, 3.8) is 0 Å². The van der Waals surface area contributed by atoms with Crippen LogP contribution in [0.3, 0.4) is 0 Å². The van der Waals surface area contributed by atoms with Gasteiger partial charge >= 0.3 is 11.9 Å². The van der Waals surface area contributed by atoms with E-state index in [9.17, 15) is 14.4 Å². The van der Waals surface area contributed by atoms with Crippen LogP contribution in [0.15, 0.2) is 59.2 Å². The van der Waals surface area contributed by atoms with Crippen LogP contribution in [0.4, 0.5) is 5.95 Å². The average molecular weight is 684 g/mol. The van der Waals surface area contributed by atoms with Crippen molar-refractivity contribution in [1.82, 2.24) is 14.5 Å². The Kier molecular flexibility index (Phi) is 9.10. The van der Waals surface area contributed by atoms with Gasteiger partial charge in [-0.1, -0.05) is 67.8 Å². The maximum atomic E-state index is 13.1. The zero-order valence-electron chi connectivity index (χ0n) is 24.9. The van der Waals surface area contributed by atoms with Gasteiger partial charge in [-0.3, -0.25) is 10.1 Å².